The summed E-state index contributed by atoms with van der Waals surface area (Å²) in [6.45, 7) is 0. The van der Waals surface area contributed by atoms with Gasteiger partial charge in [0.2, 0.25) is 5.91 Å². The molecule has 0 aliphatic heterocycles. The van der Waals surface area contributed by atoms with Crippen LogP contribution in [0.15, 0.2) is 35.8 Å². The first-order chi connectivity index (χ1) is 9.56. The molecule has 1 aromatic carbocycles. The van der Waals surface area contributed by atoms with E-state index in [-0.39, 0.29) is 0 Å². The van der Waals surface area contributed by atoms with Crippen LogP contribution in [0.3, 0.4) is 0 Å². The van der Waals surface area contributed by atoms with E-state index in [0.29, 0.717) is 5.69 Å². The number of carboxylic acids is 1. The van der Waals surface area contributed by atoms with Gasteiger partial charge in [0.1, 0.15) is 5.01 Å². The number of carbonyl (C=O) groups is 2. The van der Waals surface area contributed by atoms with Gasteiger partial charge in [0.15, 0.2) is 0 Å². The van der Waals surface area contributed by atoms with Crippen LogP contribution in [0.4, 0.5) is 5.69 Å². The first-order valence-electron chi connectivity index (χ1n) is 5.84. The number of hydrogen-bond acceptors (Lipinski definition) is 5. The molecule has 0 radical (unpaired) electrons. The number of carboxylic acid groups (broad SMARTS) is 1. The molecule has 4 N–H and O–H groups in total. The van der Waals surface area contributed by atoms with Crippen LogP contribution in [-0.2, 0) is 9.59 Å². The lowest BCUT2D eigenvalue weighted by molar-refractivity contribution is -0.138. The van der Waals surface area contributed by atoms with Crippen molar-refractivity contribution in [2.45, 2.75) is 12.5 Å². The molecule has 1 atom stereocenters. The average molecular weight is 291 g/mol. The number of benzene rings is 1. The third-order valence-corrected chi connectivity index (χ3v) is 3.36. The van der Waals surface area contributed by atoms with Gasteiger partial charge in [-0.2, -0.15) is 0 Å². The molecular formula is C13H13N3O3S. The second-order valence-electron chi connectivity index (χ2n) is 4.11. The predicted molar refractivity (Wildman–Crippen MR) is 76.4 cm³/mol. The largest absolute Gasteiger partial charge is 0.481 e. The highest BCUT2D eigenvalue weighted by atomic mass is 32.1. The highest BCUT2D eigenvalue weighted by Gasteiger charge is 2.17. The van der Waals surface area contributed by atoms with Crippen molar-refractivity contribution in [2.24, 2.45) is 5.73 Å². The minimum absolute atomic E-state index is 0.405. The SMILES string of the molecule is NC(CC(=O)O)C(=O)Nc1cccc(-c2nccs2)c1. The number of carbonyl (C=O) groups excluding carboxylic acids is 1. The van der Waals surface area contributed by atoms with Crippen molar-refractivity contribution in [3.05, 3.63) is 35.8 Å². The average Bonchev–Trinajstić information content (AvgIpc) is 2.92. The second-order valence-corrected chi connectivity index (χ2v) is 5.01. The fourth-order valence-electron chi connectivity index (χ4n) is 1.61. The number of nitrogens with two attached hydrogens (primary N) is 1. The number of rotatable bonds is 5. The number of aliphatic carboxylic acids is 1. The van der Waals surface area contributed by atoms with Crippen molar-refractivity contribution in [2.75, 3.05) is 5.32 Å². The van der Waals surface area contributed by atoms with Crippen LogP contribution in [0.1, 0.15) is 6.42 Å². The minimum Gasteiger partial charge on any atom is -0.481 e. The molecule has 104 valence electrons. The zero-order chi connectivity index (χ0) is 14.5. The molecule has 0 fully saturated rings. The zero-order valence-corrected chi connectivity index (χ0v) is 11.3. The second kappa shape index (κ2) is 6.27. The van der Waals surface area contributed by atoms with Crippen LogP contribution >= 0.6 is 11.3 Å². The molecule has 1 heterocycles. The molecule has 20 heavy (non-hydrogen) atoms. The number of nitrogens with one attached hydrogen (secondary N) is 1. The van der Waals surface area contributed by atoms with Gasteiger partial charge in [0, 0.05) is 22.8 Å². The quantitative estimate of drug-likeness (QED) is 0.775. The fraction of sp³-hybridized carbons (Fsp3) is 0.154. The van der Waals surface area contributed by atoms with E-state index >= 15 is 0 Å². The first-order valence-corrected chi connectivity index (χ1v) is 6.72. The summed E-state index contributed by atoms with van der Waals surface area (Å²) in [6, 6.07) is 6.07. The summed E-state index contributed by atoms with van der Waals surface area (Å²) < 4.78 is 0. The van der Waals surface area contributed by atoms with Crippen molar-refractivity contribution < 1.29 is 14.7 Å². The molecule has 0 saturated heterocycles. The summed E-state index contributed by atoms with van der Waals surface area (Å²) in [5.41, 5.74) is 6.93. The maximum absolute atomic E-state index is 11.7. The fourth-order valence-corrected chi connectivity index (χ4v) is 2.25. The lowest BCUT2D eigenvalue weighted by atomic mass is 10.1. The number of aromatic nitrogens is 1. The number of thiazole rings is 1. The molecule has 2 rings (SSSR count). The van der Waals surface area contributed by atoms with Crippen LogP contribution in [-0.4, -0.2) is 28.0 Å². The van der Waals surface area contributed by atoms with Gasteiger partial charge >= 0.3 is 5.97 Å². The van der Waals surface area contributed by atoms with Crippen molar-refractivity contribution in [3.8, 4) is 10.6 Å². The van der Waals surface area contributed by atoms with Crippen LogP contribution in [0, 0.1) is 0 Å². The number of anilines is 1. The van der Waals surface area contributed by atoms with E-state index in [4.69, 9.17) is 10.8 Å². The molecule has 7 heteroatoms. The maximum atomic E-state index is 11.7. The van der Waals surface area contributed by atoms with Gasteiger partial charge in [-0.25, -0.2) is 4.98 Å². The monoisotopic (exact) mass is 291 g/mol. The molecule has 0 spiro atoms. The molecule has 0 bridgehead atoms. The van der Waals surface area contributed by atoms with Crippen LogP contribution in [0.5, 0.6) is 0 Å². The van der Waals surface area contributed by atoms with E-state index in [2.05, 4.69) is 10.3 Å². The Balaban J connectivity index is 2.08. The van der Waals surface area contributed by atoms with Crippen molar-refractivity contribution in [1.29, 1.82) is 0 Å². The summed E-state index contributed by atoms with van der Waals surface area (Å²) in [5.74, 6) is -1.63. The van der Waals surface area contributed by atoms with Gasteiger partial charge in [-0.15, -0.1) is 11.3 Å². The molecule has 2 aromatic rings. The Kier molecular flexibility index (Phi) is 4.44. The number of amides is 1. The van der Waals surface area contributed by atoms with Gasteiger partial charge in [-0.05, 0) is 12.1 Å². The molecule has 0 saturated carbocycles. The van der Waals surface area contributed by atoms with E-state index < -0.39 is 24.3 Å². The van der Waals surface area contributed by atoms with E-state index in [1.807, 2.05) is 11.4 Å². The smallest absolute Gasteiger partial charge is 0.305 e. The van der Waals surface area contributed by atoms with Crippen LogP contribution < -0.4 is 11.1 Å². The summed E-state index contributed by atoms with van der Waals surface area (Å²) in [5, 5.41) is 13.9. The lowest BCUT2D eigenvalue weighted by Gasteiger charge is -2.10. The van der Waals surface area contributed by atoms with Crippen LogP contribution in [0.25, 0.3) is 10.6 Å². The third-order valence-electron chi connectivity index (χ3n) is 2.54. The Morgan fingerprint density at radius 2 is 2.25 bits per heavy atom. The van der Waals surface area contributed by atoms with E-state index in [0.717, 1.165) is 10.6 Å². The topological polar surface area (TPSA) is 105 Å². The van der Waals surface area contributed by atoms with E-state index in [9.17, 15) is 9.59 Å². The first kappa shape index (κ1) is 14.2. The van der Waals surface area contributed by atoms with E-state index in [1.54, 1.807) is 24.4 Å². The summed E-state index contributed by atoms with van der Waals surface area (Å²) in [4.78, 5) is 26.4. The van der Waals surface area contributed by atoms with Gasteiger partial charge in [0.25, 0.3) is 0 Å². The van der Waals surface area contributed by atoms with Crippen molar-refractivity contribution in [1.82, 2.24) is 4.98 Å². The molecule has 6 nitrogen and oxygen atoms in total. The normalized spacial score (nSPS) is 11.8. The van der Waals surface area contributed by atoms with Gasteiger partial charge in [-0.3, -0.25) is 9.59 Å². The summed E-state index contributed by atoms with van der Waals surface area (Å²) in [6.07, 6.45) is 1.30. The van der Waals surface area contributed by atoms with Gasteiger partial charge in [0.05, 0.1) is 12.5 Å². The van der Waals surface area contributed by atoms with Crippen molar-refractivity contribution in [3.63, 3.8) is 0 Å². The predicted octanol–water partition coefficient (Wildman–Crippen LogP) is 1.55. The Hall–Kier alpha value is -2.25. The third kappa shape index (κ3) is 3.62. The van der Waals surface area contributed by atoms with Crippen LogP contribution in [0.2, 0.25) is 0 Å². The highest BCUT2D eigenvalue weighted by Crippen LogP contribution is 2.24. The summed E-state index contributed by atoms with van der Waals surface area (Å²) in [7, 11) is 0. The number of nitrogens with zero attached hydrogens (tertiary/aromatic N) is 1. The lowest BCUT2D eigenvalue weighted by Crippen LogP contribution is -2.37. The molecule has 1 unspecified atom stereocenters. The Labute approximate surface area is 119 Å². The Morgan fingerprint density at radius 3 is 2.90 bits per heavy atom. The van der Waals surface area contributed by atoms with Gasteiger partial charge in [-0.1, -0.05) is 12.1 Å². The summed E-state index contributed by atoms with van der Waals surface area (Å²) >= 11 is 1.49. The van der Waals surface area contributed by atoms with Gasteiger partial charge < -0.3 is 16.2 Å². The van der Waals surface area contributed by atoms with E-state index in [1.165, 1.54) is 11.3 Å². The standard InChI is InChI=1S/C13H13N3O3S/c14-10(7-11(17)18)12(19)16-9-3-1-2-8(6-9)13-15-4-5-20-13/h1-6,10H,7,14H2,(H,16,19)(H,17,18). The molecule has 1 aromatic heterocycles. The highest BCUT2D eigenvalue weighted by molar-refractivity contribution is 7.13. The zero-order valence-electron chi connectivity index (χ0n) is 10.4. The minimum atomic E-state index is -1.11. The number of hydrogen-bond donors (Lipinski definition) is 3. The molecule has 1 amide bonds. The molecular weight excluding hydrogens is 278 g/mol. The maximum Gasteiger partial charge on any atom is 0.305 e. The molecule has 0 aliphatic rings. The Morgan fingerprint density at radius 1 is 1.45 bits per heavy atom. The Bertz CT molecular complexity index is 613. The van der Waals surface area contributed by atoms with Crippen molar-refractivity contribution >= 4 is 28.9 Å². The molecule has 0 aliphatic carbocycles.